The average molecular weight is 322 g/mol. The lowest BCUT2D eigenvalue weighted by Gasteiger charge is -2.07. The molecule has 1 aromatic heterocycles. The highest BCUT2D eigenvalue weighted by Crippen LogP contribution is 2.12. The molecule has 0 fully saturated rings. The molecule has 0 bridgehead atoms. The number of hydrogen-bond acceptors (Lipinski definition) is 3. The van der Waals surface area contributed by atoms with Gasteiger partial charge in [-0.25, -0.2) is 4.98 Å². The van der Waals surface area contributed by atoms with E-state index in [0.717, 1.165) is 12.8 Å². The molecule has 0 aliphatic rings. The van der Waals surface area contributed by atoms with Crippen LogP contribution in [0.15, 0.2) is 11.1 Å². The van der Waals surface area contributed by atoms with Crippen molar-refractivity contribution in [2.45, 2.75) is 26.7 Å². The standard InChI is InChI=1S/C10H15IN2O2/c1-7(2)4-3-5-15-10-8(11)9(14)12-6-13-10/h6-7H,3-5H2,1-2H3,(H,12,13,14). The van der Waals surface area contributed by atoms with E-state index in [1.54, 1.807) is 0 Å². The molecule has 0 radical (unpaired) electrons. The van der Waals surface area contributed by atoms with Crippen LogP contribution in [0, 0.1) is 9.49 Å². The molecule has 1 rings (SSSR count). The molecule has 0 aliphatic carbocycles. The molecule has 84 valence electrons. The normalized spacial score (nSPS) is 10.7. The molecule has 0 unspecified atom stereocenters. The topological polar surface area (TPSA) is 55.0 Å². The molecule has 5 heteroatoms. The fourth-order valence-electron chi connectivity index (χ4n) is 1.13. The van der Waals surface area contributed by atoms with Gasteiger partial charge in [0.15, 0.2) is 0 Å². The van der Waals surface area contributed by atoms with Crippen LogP contribution in [-0.4, -0.2) is 16.6 Å². The van der Waals surface area contributed by atoms with Crippen molar-refractivity contribution in [3.05, 3.63) is 20.3 Å². The molecule has 4 nitrogen and oxygen atoms in total. The highest BCUT2D eigenvalue weighted by Gasteiger charge is 2.05. The summed E-state index contributed by atoms with van der Waals surface area (Å²) in [5.41, 5.74) is -0.149. The summed E-state index contributed by atoms with van der Waals surface area (Å²) in [5.74, 6) is 1.11. The number of ether oxygens (including phenoxy) is 1. The summed E-state index contributed by atoms with van der Waals surface area (Å²) < 4.78 is 5.94. The van der Waals surface area contributed by atoms with E-state index in [1.165, 1.54) is 6.33 Å². The zero-order chi connectivity index (χ0) is 11.3. The van der Waals surface area contributed by atoms with Gasteiger partial charge in [-0.05, 0) is 41.4 Å². The van der Waals surface area contributed by atoms with Crippen molar-refractivity contribution in [3.8, 4) is 5.88 Å². The van der Waals surface area contributed by atoms with Crippen LogP contribution in [0.5, 0.6) is 5.88 Å². The van der Waals surface area contributed by atoms with E-state index in [4.69, 9.17) is 4.74 Å². The predicted octanol–water partition coefficient (Wildman–Crippen LogP) is 2.19. The van der Waals surface area contributed by atoms with Crippen LogP contribution < -0.4 is 10.3 Å². The summed E-state index contributed by atoms with van der Waals surface area (Å²) in [6, 6.07) is 0. The SMILES string of the molecule is CC(C)CCCOc1nc[nH]c(=O)c1I. The largest absolute Gasteiger partial charge is 0.477 e. The first-order valence-corrected chi connectivity index (χ1v) is 6.05. The van der Waals surface area contributed by atoms with Gasteiger partial charge in [0.1, 0.15) is 3.57 Å². The highest BCUT2D eigenvalue weighted by atomic mass is 127. The second kappa shape index (κ2) is 6.09. The Morgan fingerprint density at radius 1 is 1.60 bits per heavy atom. The van der Waals surface area contributed by atoms with Crippen LogP contribution in [0.25, 0.3) is 0 Å². The molecule has 1 N–H and O–H groups in total. The molecule has 0 aliphatic heterocycles. The smallest absolute Gasteiger partial charge is 0.268 e. The molecular formula is C10H15IN2O2. The zero-order valence-electron chi connectivity index (χ0n) is 8.92. The predicted molar refractivity (Wildman–Crippen MR) is 67.1 cm³/mol. The van der Waals surface area contributed by atoms with E-state index in [0.29, 0.717) is 22.0 Å². The van der Waals surface area contributed by atoms with E-state index in [9.17, 15) is 4.79 Å². The minimum absolute atomic E-state index is 0.149. The van der Waals surface area contributed by atoms with Gasteiger partial charge in [-0.2, -0.15) is 0 Å². The van der Waals surface area contributed by atoms with Gasteiger partial charge in [-0.1, -0.05) is 13.8 Å². The van der Waals surface area contributed by atoms with E-state index in [1.807, 2.05) is 22.6 Å². The third-order valence-electron chi connectivity index (χ3n) is 1.93. The number of rotatable bonds is 5. The number of hydrogen-bond donors (Lipinski definition) is 1. The fourth-order valence-corrected chi connectivity index (χ4v) is 1.58. The van der Waals surface area contributed by atoms with E-state index >= 15 is 0 Å². The molecule has 0 atom stereocenters. The first-order valence-electron chi connectivity index (χ1n) is 4.97. The van der Waals surface area contributed by atoms with Gasteiger partial charge in [0.05, 0.1) is 12.9 Å². The van der Waals surface area contributed by atoms with E-state index in [-0.39, 0.29) is 5.56 Å². The molecule has 15 heavy (non-hydrogen) atoms. The van der Waals surface area contributed by atoms with E-state index < -0.39 is 0 Å². The lowest BCUT2D eigenvalue weighted by molar-refractivity contribution is 0.284. The second-order valence-corrected chi connectivity index (χ2v) is 4.81. The van der Waals surface area contributed by atoms with Gasteiger partial charge in [-0.3, -0.25) is 4.79 Å². The third-order valence-corrected chi connectivity index (χ3v) is 2.88. The Hall–Kier alpha value is -0.590. The number of aromatic nitrogens is 2. The fraction of sp³-hybridized carbons (Fsp3) is 0.600. The Morgan fingerprint density at radius 3 is 3.00 bits per heavy atom. The minimum atomic E-state index is -0.149. The third kappa shape index (κ3) is 4.19. The van der Waals surface area contributed by atoms with Crippen LogP contribution in [0.4, 0.5) is 0 Å². The van der Waals surface area contributed by atoms with Crippen molar-refractivity contribution in [1.82, 2.24) is 9.97 Å². The molecular weight excluding hydrogens is 307 g/mol. The van der Waals surface area contributed by atoms with Crippen molar-refractivity contribution in [3.63, 3.8) is 0 Å². The maximum atomic E-state index is 11.2. The Kier molecular flexibility index (Phi) is 5.07. The van der Waals surface area contributed by atoms with Crippen LogP contribution in [-0.2, 0) is 0 Å². The first kappa shape index (κ1) is 12.5. The Labute approximate surface area is 103 Å². The van der Waals surface area contributed by atoms with Gasteiger partial charge >= 0.3 is 0 Å². The number of halogens is 1. The lowest BCUT2D eigenvalue weighted by Crippen LogP contribution is -2.13. The summed E-state index contributed by atoms with van der Waals surface area (Å²) in [5, 5.41) is 0. The Morgan fingerprint density at radius 2 is 2.33 bits per heavy atom. The summed E-state index contributed by atoms with van der Waals surface area (Å²) in [4.78, 5) is 17.7. The van der Waals surface area contributed by atoms with E-state index in [2.05, 4.69) is 23.8 Å². The second-order valence-electron chi connectivity index (χ2n) is 3.74. The first-order chi connectivity index (χ1) is 7.11. The number of aromatic amines is 1. The monoisotopic (exact) mass is 322 g/mol. The van der Waals surface area contributed by atoms with Crippen molar-refractivity contribution < 1.29 is 4.74 Å². The van der Waals surface area contributed by atoms with Gasteiger partial charge < -0.3 is 9.72 Å². The molecule has 0 saturated heterocycles. The Balaban J connectivity index is 2.44. The van der Waals surface area contributed by atoms with Gasteiger partial charge in [-0.15, -0.1) is 0 Å². The highest BCUT2D eigenvalue weighted by molar-refractivity contribution is 14.1. The number of H-pyrrole nitrogens is 1. The summed E-state index contributed by atoms with van der Waals surface area (Å²) >= 11 is 1.94. The lowest BCUT2D eigenvalue weighted by atomic mass is 10.1. The number of nitrogens with zero attached hydrogens (tertiary/aromatic N) is 1. The van der Waals surface area contributed by atoms with Crippen molar-refractivity contribution >= 4 is 22.6 Å². The maximum Gasteiger partial charge on any atom is 0.268 e. The van der Waals surface area contributed by atoms with Crippen LogP contribution in [0.2, 0.25) is 0 Å². The molecule has 0 aromatic carbocycles. The molecule has 0 spiro atoms. The van der Waals surface area contributed by atoms with Crippen molar-refractivity contribution in [2.24, 2.45) is 5.92 Å². The minimum Gasteiger partial charge on any atom is -0.477 e. The van der Waals surface area contributed by atoms with Gasteiger partial charge in [0.25, 0.3) is 5.56 Å². The van der Waals surface area contributed by atoms with Crippen LogP contribution in [0.3, 0.4) is 0 Å². The van der Waals surface area contributed by atoms with Crippen molar-refractivity contribution in [2.75, 3.05) is 6.61 Å². The molecule has 1 heterocycles. The average Bonchev–Trinajstić information content (AvgIpc) is 2.18. The van der Waals surface area contributed by atoms with Crippen LogP contribution >= 0.6 is 22.6 Å². The zero-order valence-corrected chi connectivity index (χ0v) is 11.1. The van der Waals surface area contributed by atoms with Gasteiger partial charge in [0.2, 0.25) is 5.88 Å². The van der Waals surface area contributed by atoms with Gasteiger partial charge in [0, 0.05) is 0 Å². The number of nitrogens with one attached hydrogen (secondary N) is 1. The summed E-state index contributed by atoms with van der Waals surface area (Å²) in [7, 11) is 0. The maximum absolute atomic E-state index is 11.2. The quantitative estimate of drug-likeness (QED) is 0.668. The van der Waals surface area contributed by atoms with Crippen molar-refractivity contribution in [1.29, 1.82) is 0 Å². The Bertz CT molecular complexity index is 363. The van der Waals surface area contributed by atoms with Crippen LogP contribution in [0.1, 0.15) is 26.7 Å². The molecule has 1 aromatic rings. The molecule has 0 amide bonds. The summed E-state index contributed by atoms with van der Waals surface area (Å²) in [6.07, 6.45) is 3.48. The summed E-state index contributed by atoms with van der Waals surface area (Å²) in [6.45, 7) is 4.97. The molecule has 0 saturated carbocycles.